The minimum absolute atomic E-state index is 0.321. The van der Waals surface area contributed by atoms with Crippen molar-refractivity contribution in [3.05, 3.63) is 0 Å². The van der Waals surface area contributed by atoms with E-state index in [1.165, 1.54) is 0 Å². The first-order chi connectivity index (χ1) is 4.54. The van der Waals surface area contributed by atoms with Crippen LogP contribution in [0.5, 0.6) is 0 Å². The number of carbonyl (C=O) groups excluding carboxylic acids is 1. The highest BCUT2D eigenvalue weighted by Crippen LogP contribution is 2.63. The van der Waals surface area contributed by atoms with Crippen LogP contribution in [0.3, 0.4) is 0 Å². The van der Waals surface area contributed by atoms with Gasteiger partial charge in [-0.05, 0) is 17.3 Å². The van der Waals surface area contributed by atoms with Crippen LogP contribution in [0.15, 0.2) is 0 Å². The van der Waals surface area contributed by atoms with Gasteiger partial charge in [0.15, 0.2) is 0 Å². The summed E-state index contributed by atoms with van der Waals surface area (Å²) in [6, 6.07) is 0. The Bertz CT molecular complexity index is 193. The van der Waals surface area contributed by atoms with Gasteiger partial charge in [0, 0.05) is 12.3 Å². The molecular weight excluding hydrogens is 124 g/mol. The highest BCUT2D eigenvalue weighted by molar-refractivity contribution is 5.88. The predicted octanol–water partition coefficient (Wildman–Crippen LogP) is 1.87. The zero-order valence-electron chi connectivity index (χ0n) is 6.85. The van der Waals surface area contributed by atoms with E-state index in [0.29, 0.717) is 23.0 Å². The van der Waals surface area contributed by atoms with E-state index in [2.05, 4.69) is 20.8 Å². The monoisotopic (exact) mass is 138 g/mol. The number of Topliss-reactive ketones (excluding diaryl/α,β-unsaturated/α-hetero) is 1. The molecule has 0 aromatic rings. The second-order valence-corrected chi connectivity index (χ2v) is 4.54. The molecule has 0 bridgehead atoms. The van der Waals surface area contributed by atoms with Gasteiger partial charge in [-0.2, -0.15) is 0 Å². The molecule has 0 aromatic carbocycles. The minimum Gasteiger partial charge on any atom is -0.299 e. The van der Waals surface area contributed by atoms with Crippen molar-refractivity contribution >= 4 is 5.78 Å². The molecule has 56 valence electrons. The van der Waals surface area contributed by atoms with Gasteiger partial charge in [-0.25, -0.2) is 0 Å². The largest absolute Gasteiger partial charge is 0.299 e. The molecule has 1 heteroatoms. The Hall–Kier alpha value is -0.330. The van der Waals surface area contributed by atoms with E-state index in [9.17, 15) is 4.79 Å². The maximum Gasteiger partial charge on any atom is 0.137 e. The molecule has 0 heterocycles. The molecule has 1 nitrogen and oxygen atoms in total. The molecule has 2 aliphatic carbocycles. The van der Waals surface area contributed by atoms with Gasteiger partial charge >= 0.3 is 0 Å². The Labute approximate surface area is 61.8 Å². The average Bonchev–Trinajstić information content (AvgIpc) is 2.32. The molecule has 0 aliphatic heterocycles. The molecule has 10 heavy (non-hydrogen) atoms. The fourth-order valence-corrected chi connectivity index (χ4v) is 2.84. The van der Waals surface area contributed by atoms with Crippen LogP contribution in [0.4, 0.5) is 0 Å². The van der Waals surface area contributed by atoms with Crippen molar-refractivity contribution in [2.75, 3.05) is 0 Å². The Morgan fingerprint density at radius 1 is 1.50 bits per heavy atom. The smallest absolute Gasteiger partial charge is 0.137 e. The summed E-state index contributed by atoms with van der Waals surface area (Å²) in [5, 5.41) is 0. The van der Waals surface area contributed by atoms with Crippen LogP contribution in [0.2, 0.25) is 0 Å². The topological polar surface area (TPSA) is 17.1 Å². The first-order valence-electron chi connectivity index (χ1n) is 4.07. The molecule has 0 aromatic heterocycles. The molecule has 0 N–H and O–H groups in total. The van der Waals surface area contributed by atoms with Crippen molar-refractivity contribution < 1.29 is 4.79 Å². The fraction of sp³-hybridized carbons (Fsp3) is 0.889. The molecule has 2 fully saturated rings. The Kier molecular flexibility index (Phi) is 0.934. The van der Waals surface area contributed by atoms with Crippen molar-refractivity contribution in [1.82, 2.24) is 0 Å². The molecular formula is C9H14O. The predicted molar refractivity (Wildman–Crippen MR) is 39.5 cm³/mol. The summed E-state index contributed by atoms with van der Waals surface area (Å²) < 4.78 is 0. The van der Waals surface area contributed by atoms with Gasteiger partial charge in [-0.1, -0.05) is 20.8 Å². The van der Waals surface area contributed by atoms with E-state index in [1.54, 1.807) is 0 Å². The summed E-state index contributed by atoms with van der Waals surface area (Å²) in [5.74, 6) is 2.38. The number of ketones is 1. The maximum atomic E-state index is 11.2. The third-order valence-electron chi connectivity index (χ3n) is 3.28. The average molecular weight is 138 g/mol. The summed E-state index contributed by atoms with van der Waals surface area (Å²) in [6.07, 6.45) is 0.826. The van der Waals surface area contributed by atoms with E-state index in [0.717, 1.165) is 12.3 Å². The lowest BCUT2D eigenvalue weighted by atomic mass is 9.85. The highest BCUT2D eigenvalue weighted by Gasteiger charge is 2.63. The Balaban J connectivity index is 2.27. The quantitative estimate of drug-likeness (QED) is 0.499. The van der Waals surface area contributed by atoms with Gasteiger partial charge in [0.25, 0.3) is 0 Å². The number of carbonyl (C=O) groups is 1. The number of rotatable bonds is 0. The first-order valence-corrected chi connectivity index (χ1v) is 4.07. The number of hydrogen-bond acceptors (Lipinski definition) is 1. The van der Waals surface area contributed by atoms with Crippen molar-refractivity contribution in [3.63, 3.8) is 0 Å². The second-order valence-electron chi connectivity index (χ2n) is 4.54. The number of fused-ring (bicyclic) bond motifs is 1. The van der Waals surface area contributed by atoms with Crippen molar-refractivity contribution in [2.24, 2.45) is 23.2 Å². The Morgan fingerprint density at radius 3 is 2.30 bits per heavy atom. The van der Waals surface area contributed by atoms with Gasteiger partial charge in [0.1, 0.15) is 5.78 Å². The second kappa shape index (κ2) is 1.46. The normalized spacial score (nSPS) is 49.1. The lowest BCUT2D eigenvalue weighted by molar-refractivity contribution is -0.120. The van der Waals surface area contributed by atoms with Gasteiger partial charge in [0.2, 0.25) is 0 Å². The minimum atomic E-state index is 0.321. The molecule has 0 spiro atoms. The van der Waals surface area contributed by atoms with Crippen LogP contribution < -0.4 is 0 Å². The first kappa shape index (κ1) is 6.38. The van der Waals surface area contributed by atoms with Gasteiger partial charge in [-0.15, -0.1) is 0 Å². The molecule has 2 aliphatic rings. The van der Waals surface area contributed by atoms with Crippen LogP contribution in [0.1, 0.15) is 27.2 Å². The zero-order chi connectivity index (χ0) is 7.52. The third-order valence-corrected chi connectivity index (χ3v) is 3.28. The molecule has 0 amide bonds. The van der Waals surface area contributed by atoms with E-state index in [1.807, 2.05) is 0 Å². The van der Waals surface area contributed by atoms with Crippen LogP contribution in [-0.4, -0.2) is 5.78 Å². The maximum absolute atomic E-state index is 11.2. The fourth-order valence-electron chi connectivity index (χ4n) is 2.84. The summed E-state index contributed by atoms with van der Waals surface area (Å²) >= 11 is 0. The third kappa shape index (κ3) is 0.561. The van der Waals surface area contributed by atoms with E-state index >= 15 is 0 Å². The zero-order valence-corrected chi connectivity index (χ0v) is 6.85. The SMILES string of the molecule is CC1C2C(=O)CC(C)(C)C12. The van der Waals surface area contributed by atoms with Crippen LogP contribution in [0.25, 0.3) is 0 Å². The standard InChI is InChI=1S/C9H14O/c1-5-7-6(10)4-9(2,3)8(5)7/h5,7-8H,4H2,1-3H3. The lowest BCUT2D eigenvalue weighted by Crippen LogP contribution is -2.14. The van der Waals surface area contributed by atoms with Crippen molar-refractivity contribution in [2.45, 2.75) is 27.2 Å². The van der Waals surface area contributed by atoms with Crippen LogP contribution in [0, 0.1) is 23.2 Å². The molecule has 3 atom stereocenters. The van der Waals surface area contributed by atoms with Gasteiger partial charge < -0.3 is 0 Å². The molecule has 2 rings (SSSR count). The molecule has 3 unspecified atom stereocenters. The summed E-state index contributed by atoms with van der Waals surface area (Å²) in [5.41, 5.74) is 0.321. The van der Waals surface area contributed by atoms with E-state index in [4.69, 9.17) is 0 Å². The van der Waals surface area contributed by atoms with Crippen molar-refractivity contribution in [1.29, 1.82) is 0 Å². The van der Waals surface area contributed by atoms with Crippen LogP contribution in [-0.2, 0) is 4.79 Å². The summed E-state index contributed by atoms with van der Waals surface area (Å²) in [7, 11) is 0. The number of hydrogen-bond donors (Lipinski definition) is 0. The highest BCUT2D eigenvalue weighted by atomic mass is 16.1. The lowest BCUT2D eigenvalue weighted by Gasteiger charge is -2.18. The van der Waals surface area contributed by atoms with Gasteiger partial charge in [-0.3, -0.25) is 4.79 Å². The Morgan fingerprint density at radius 2 is 2.10 bits per heavy atom. The van der Waals surface area contributed by atoms with Crippen molar-refractivity contribution in [3.8, 4) is 0 Å². The van der Waals surface area contributed by atoms with E-state index < -0.39 is 0 Å². The van der Waals surface area contributed by atoms with Crippen LogP contribution >= 0.6 is 0 Å². The van der Waals surface area contributed by atoms with Gasteiger partial charge in [0.05, 0.1) is 0 Å². The molecule has 2 saturated carbocycles. The summed E-state index contributed by atoms with van der Waals surface area (Å²) in [6.45, 7) is 6.65. The molecule has 0 saturated heterocycles. The van der Waals surface area contributed by atoms with E-state index in [-0.39, 0.29) is 0 Å². The summed E-state index contributed by atoms with van der Waals surface area (Å²) in [4.78, 5) is 11.2. The molecule has 0 radical (unpaired) electrons.